The summed E-state index contributed by atoms with van der Waals surface area (Å²) in [6, 6.07) is 24.2. The van der Waals surface area contributed by atoms with Crippen molar-refractivity contribution in [3.63, 3.8) is 0 Å². The normalized spacial score (nSPS) is 10.6. The first kappa shape index (κ1) is 17.4. The van der Waals surface area contributed by atoms with Gasteiger partial charge in [0.2, 0.25) is 0 Å². The van der Waals surface area contributed by atoms with Gasteiger partial charge in [0.25, 0.3) is 5.91 Å². The molecule has 0 atom stereocenters. The van der Waals surface area contributed by atoms with Gasteiger partial charge in [0.05, 0.1) is 0 Å². The van der Waals surface area contributed by atoms with E-state index in [1.165, 1.54) is 5.56 Å². The predicted octanol–water partition coefficient (Wildman–Crippen LogP) is 4.27. The van der Waals surface area contributed by atoms with E-state index < -0.39 is 0 Å². The first-order valence-corrected chi connectivity index (χ1v) is 9.47. The molecule has 1 N–H and O–H groups in total. The lowest BCUT2D eigenvalue weighted by molar-refractivity contribution is -0.122. The quantitative estimate of drug-likeness (QED) is 0.616. The first-order chi connectivity index (χ1) is 12.3. The van der Waals surface area contributed by atoms with Gasteiger partial charge in [0.1, 0.15) is 5.75 Å². The zero-order valence-electron chi connectivity index (χ0n) is 14.0. The smallest absolute Gasteiger partial charge is 0.257 e. The van der Waals surface area contributed by atoms with Gasteiger partial charge in [-0.25, -0.2) is 0 Å². The van der Waals surface area contributed by atoms with Crippen LogP contribution in [-0.4, -0.2) is 24.8 Å². The molecule has 0 spiro atoms. The molecule has 3 nitrogen and oxygen atoms in total. The third-order valence-corrected chi connectivity index (χ3v) is 4.82. The summed E-state index contributed by atoms with van der Waals surface area (Å²) in [5, 5.41) is 5.04. The van der Waals surface area contributed by atoms with Crippen molar-refractivity contribution in [1.29, 1.82) is 0 Å². The summed E-state index contributed by atoms with van der Waals surface area (Å²) in [6.45, 7) is 0.687. The summed E-state index contributed by atoms with van der Waals surface area (Å²) < 4.78 is 5.69. The molecule has 0 bridgehead atoms. The van der Waals surface area contributed by atoms with Crippen LogP contribution in [0.3, 0.4) is 0 Å². The van der Waals surface area contributed by atoms with Crippen LogP contribution in [0.2, 0.25) is 0 Å². The van der Waals surface area contributed by atoms with E-state index in [-0.39, 0.29) is 12.5 Å². The molecule has 0 unspecified atom stereocenters. The Morgan fingerprint density at radius 1 is 0.920 bits per heavy atom. The summed E-state index contributed by atoms with van der Waals surface area (Å²) in [7, 11) is 0. The third kappa shape index (κ3) is 5.26. The average Bonchev–Trinajstić information content (AvgIpc) is 2.67. The van der Waals surface area contributed by atoms with E-state index in [0.717, 1.165) is 28.0 Å². The Kier molecular flexibility index (Phi) is 6.35. The average molecular weight is 351 g/mol. The maximum atomic E-state index is 11.9. The standard InChI is InChI=1S/C21H21NO2S/c23-21(22-13-14-25-16-17-7-2-1-3-8-17)15-24-20-12-6-10-18-9-4-5-11-19(18)20/h1-12H,13-16H2,(H,22,23). The third-order valence-electron chi connectivity index (χ3n) is 3.79. The number of ether oxygens (including phenoxy) is 1. The molecule has 128 valence electrons. The molecule has 0 aliphatic rings. The number of carbonyl (C=O) groups is 1. The van der Waals surface area contributed by atoms with Crippen LogP contribution in [0.1, 0.15) is 5.56 Å². The lowest BCUT2D eigenvalue weighted by Crippen LogP contribution is -2.30. The first-order valence-electron chi connectivity index (χ1n) is 8.32. The van der Waals surface area contributed by atoms with Crippen LogP contribution in [0.4, 0.5) is 0 Å². The Morgan fingerprint density at radius 3 is 2.56 bits per heavy atom. The van der Waals surface area contributed by atoms with Gasteiger partial charge in [-0.05, 0) is 17.0 Å². The summed E-state index contributed by atoms with van der Waals surface area (Å²) in [6.07, 6.45) is 0. The minimum Gasteiger partial charge on any atom is -0.483 e. The molecule has 3 rings (SSSR count). The number of benzene rings is 3. The van der Waals surface area contributed by atoms with Crippen LogP contribution in [0, 0.1) is 0 Å². The molecular formula is C21H21NO2S. The Bertz CT molecular complexity index is 815. The Morgan fingerprint density at radius 2 is 1.68 bits per heavy atom. The molecule has 25 heavy (non-hydrogen) atoms. The van der Waals surface area contributed by atoms with Crippen molar-refractivity contribution in [3.8, 4) is 5.75 Å². The molecule has 4 heteroatoms. The highest BCUT2D eigenvalue weighted by molar-refractivity contribution is 7.98. The highest BCUT2D eigenvalue weighted by atomic mass is 32.2. The van der Waals surface area contributed by atoms with Crippen molar-refractivity contribution in [3.05, 3.63) is 78.4 Å². The molecule has 3 aromatic rings. The van der Waals surface area contributed by atoms with Crippen LogP contribution in [-0.2, 0) is 10.5 Å². The van der Waals surface area contributed by atoms with E-state index in [2.05, 4.69) is 17.4 Å². The topological polar surface area (TPSA) is 38.3 Å². The highest BCUT2D eigenvalue weighted by Crippen LogP contribution is 2.24. The van der Waals surface area contributed by atoms with Gasteiger partial charge in [0.15, 0.2) is 6.61 Å². The van der Waals surface area contributed by atoms with Crippen molar-refractivity contribution in [2.45, 2.75) is 5.75 Å². The van der Waals surface area contributed by atoms with E-state index in [1.807, 2.05) is 72.4 Å². The highest BCUT2D eigenvalue weighted by Gasteiger charge is 2.05. The molecule has 0 heterocycles. The molecule has 0 aromatic heterocycles. The van der Waals surface area contributed by atoms with Gasteiger partial charge in [-0.3, -0.25) is 4.79 Å². The molecule has 0 aliphatic carbocycles. The van der Waals surface area contributed by atoms with E-state index in [4.69, 9.17) is 4.74 Å². The molecule has 1 amide bonds. The zero-order chi connectivity index (χ0) is 17.3. The van der Waals surface area contributed by atoms with Crippen LogP contribution in [0.5, 0.6) is 5.75 Å². The zero-order valence-corrected chi connectivity index (χ0v) is 14.8. The maximum Gasteiger partial charge on any atom is 0.257 e. The van der Waals surface area contributed by atoms with Crippen LogP contribution in [0.25, 0.3) is 10.8 Å². The lowest BCUT2D eigenvalue weighted by Gasteiger charge is -2.10. The van der Waals surface area contributed by atoms with Gasteiger partial charge in [0, 0.05) is 23.4 Å². The monoisotopic (exact) mass is 351 g/mol. The number of thioether (sulfide) groups is 1. The van der Waals surface area contributed by atoms with Crippen molar-refractivity contribution in [2.75, 3.05) is 18.9 Å². The number of fused-ring (bicyclic) bond motifs is 1. The van der Waals surface area contributed by atoms with Gasteiger partial charge in [-0.15, -0.1) is 0 Å². The summed E-state index contributed by atoms with van der Waals surface area (Å²) in [4.78, 5) is 11.9. The van der Waals surface area contributed by atoms with Gasteiger partial charge < -0.3 is 10.1 Å². The van der Waals surface area contributed by atoms with Gasteiger partial charge in [-0.2, -0.15) is 11.8 Å². The second-order valence-electron chi connectivity index (χ2n) is 5.65. The second-order valence-corrected chi connectivity index (χ2v) is 6.76. The summed E-state index contributed by atoms with van der Waals surface area (Å²) in [5.41, 5.74) is 1.30. The molecule has 0 radical (unpaired) electrons. The molecule has 3 aromatic carbocycles. The number of rotatable bonds is 8. The number of carbonyl (C=O) groups excluding carboxylic acids is 1. The fraction of sp³-hybridized carbons (Fsp3) is 0.190. The van der Waals surface area contributed by atoms with E-state index >= 15 is 0 Å². The molecule has 0 saturated carbocycles. The number of amides is 1. The minimum atomic E-state index is -0.0896. The van der Waals surface area contributed by atoms with Gasteiger partial charge in [-0.1, -0.05) is 66.7 Å². The fourth-order valence-electron chi connectivity index (χ4n) is 2.54. The van der Waals surface area contributed by atoms with Crippen molar-refractivity contribution < 1.29 is 9.53 Å². The Balaban J connectivity index is 1.38. The van der Waals surface area contributed by atoms with Crippen molar-refractivity contribution in [1.82, 2.24) is 5.32 Å². The fourth-order valence-corrected chi connectivity index (χ4v) is 3.36. The Hall–Kier alpha value is -2.46. The number of hydrogen-bond acceptors (Lipinski definition) is 3. The maximum absolute atomic E-state index is 11.9. The van der Waals surface area contributed by atoms with Crippen LogP contribution < -0.4 is 10.1 Å². The van der Waals surface area contributed by atoms with E-state index in [0.29, 0.717) is 6.54 Å². The van der Waals surface area contributed by atoms with E-state index in [9.17, 15) is 4.79 Å². The van der Waals surface area contributed by atoms with Crippen molar-refractivity contribution >= 4 is 28.4 Å². The number of hydrogen-bond donors (Lipinski definition) is 1. The van der Waals surface area contributed by atoms with Crippen LogP contribution >= 0.6 is 11.8 Å². The number of nitrogens with one attached hydrogen (secondary N) is 1. The SMILES string of the molecule is O=C(COc1cccc2ccccc12)NCCSCc1ccccc1. The minimum absolute atomic E-state index is 0.0390. The van der Waals surface area contributed by atoms with Crippen molar-refractivity contribution in [2.24, 2.45) is 0 Å². The second kappa shape index (κ2) is 9.14. The molecule has 0 saturated heterocycles. The molecule has 0 aliphatic heterocycles. The van der Waals surface area contributed by atoms with E-state index in [1.54, 1.807) is 0 Å². The summed E-state index contributed by atoms with van der Waals surface area (Å²) >= 11 is 1.81. The molecular weight excluding hydrogens is 330 g/mol. The van der Waals surface area contributed by atoms with Gasteiger partial charge >= 0.3 is 0 Å². The summed E-state index contributed by atoms with van der Waals surface area (Å²) in [5.74, 6) is 2.50. The Labute approximate surface area is 152 Å². The lowest BCUT2D eigenvalue weighted by atomic mass is 10.1. The van der Waals surface area contributed by atoms with Crippen LogP contribution in [0.15, 0.2) is 72.8 Å². The largest absolute Gasteiger partial charge is 0.483 e. The molecule has 0 fully saturated rings. The predicted molar refractivity (Wildman–Crippen MR) is 105 cm³/mol.